The summed E-state index contributed by atoms with van der Waals surface area (Å²) in [6, 6.07) is 22.9. The zero-order valence-electron chi connectivity index (χ0n) is 20.5. The average molecular weight is 496 g/mol. The molecule has 35 heavy (non-hydrogen) atoms. The van der Waals surface area contributed by atoms with Crippen LogP contribution in [0, 0.1) is 0 Å². The summed E-state index contributed by atoms with van der Waals surface area (Å²) >= 11 is 0. The van der Waals surface area contributed by atoms with Gasteiger partial charge in [0.1, 0.15) is 12.3 Å². The third-order valence-electron chi connectivity index (χ3n) is 5.61. The van der Waals surface area contributed by atoms with Crippen molar-refractivity contribution in [2.75, 3.05) is 35.4 Å². The summed E-state index contributed by atoms with van der Waals surface area (Å²) in [5, 5.41) is 2.85. The molecule has 1 amide bonds. The van der Waals surface area contributed by atoms with E-state index in [-0.39, 0.29) is 11.4 Å². The van der Waals surface area contributed by atoms with Gasteiger partial charge in [0.05, 0.1) is 17.2 Å². The smallest absolute Gasteiger partial charge is 0.264 e. The molecule has 0 saturated carbocycles. The predicted octanol–water partition coefficient (Wildman–Crippen LogP) is 4.44. The Morgan fingerprint density at radius 3 is 2.11 bits per heavy atom. The van der Waals surface area contributed by atoms with Gasteiger partial charge in [-0.05, 0) is 62.7 Å². The first-order chi connectivity index (χ1) is 16.9. The molecule has 186 valence electrons. The van der Waals surface area contributed by atoms with E-state index in [1.54, 1.807) is 42.5 Å². The van der Waals surface area contributed by atoms with E-state index in [0.29, 0.717) is 24.6 Å². The van der Waals surface area contributed by atoms with E-state index >= 15 is 0 Å². The van der Waals surface area contributed by atoms with Crippen molar-refractivity contribution in [2.45, 2.75) is 32.2 Å². The van der Waals surface area contributed by atoms with Crippen LogP contribution in [0.3, 0.4) is 0 Å². The van der Waals surface area contributed by atoms with Crippen molar-refractivity contribution in [3.63, 3.8) is 0 Å². The van der Waals surface area contributed by atoms with Crippen LogP contribution in [0.2, 0.25) is 0 Å². The first kappa shape index (κ1) is 26.1. The van der Waals surface area contributed by atoms with Gasteiger partial charge in [0.15, 0.2) is 0 Å². The molecule has 0 atom stereocenters. The number of rotatable bonds is 12. The molecule has 8 heteroatoms. The highest BCUT2D eigenvalue weighted by Gasteiger charge is 2.29. The molecule has 0 unspecified atom stereocenters. The van der Waals surface area contributed by atoms with Crippen molar-refractivity contribution in [1.29, 1.82) is 0 Å². The van der Waals surface area contributed by atoms with Crippen molar-refractivity contribution in [3.8, 4) is 5.75 Å². The number of amides is 1. The van der Waals surface area contributed by atoms with E-state index in [1.165, 1.54) is 12.1 Å². The molecule has 0 aliphatic heterocycles. The minimum atomic E-state index is -4.01. The molecule has 0 aliphatic carbocycles. The molecule has 7 nitrogen and oxygen atoms in total. The Kier molecular flexibility index (Phi) is 9.14. The molecule has 0 spiro atoms. The average Bonchev–Trinajstić information content (AvgIpc) is 2.88. The van der Waals surface area contributed by atoms with Gasteiger partial charge in [-0.3, -0.25) is 9.10 Å². The maximum Gasteiger partial charge on any atom is 0.264 e. The number of benzene rings is 3. The molecular formula is C27H33N3O4S. The molecule has 3 aromatic carbocycles. The number of anilines is 2. The Bertz CT molecular complexity index is 1190. The highest BCUT2D eigenvalue weighted by molar-refractivity contribution is 7.92. The first-order valence-electron chi connectivity index (χ1n) is 11.8. The van der Waals surface area contributed by atoms with Crippen molar-refractivity contribution in [1.82, 2.24) is 5.32 Å². The predicted molar refractivity (Wildman–Crippen MR) is 140 cm³/mol. The van der Waals surface area contributed by atoms with Crippen molar-refractivity contribution >= 4 is 27.3 Å². The van der Waals surface area contributed by atoms with E-state index < -0.39 is 15.9 Å². The number of sulfonamides is 1. The summed E-state index contributed by atoms with van der Waals surface area (Å²) in [5.41, 5.74) is 2.37. The van der Waals surface area contributed by atoms with Crippen LogP contribution < -0.4 is 19.3 Å². The fraction of sp³-hybridized carbons (Fsp3) is 0.296. The second-order valence-electron chi connectivity index (χ2n) is 7.84. The molecule has 0 bridgehead atoms. The molecule has 0 fully saturated rings. The maximum absolute atomic E-state index is 13.5. The van der Waals surface area contributed by atoms with E-state index in [1.807, 2.05) is 31.2 Å². The Morgan fingerprint density at radius 2 is 1.49 bits per heavy atom. The van der Waals surface area contributed by atoms with Gasteiger partial charge >= 0.3 is 0 Å². The lowest BCUT2D eigenvalue weighted by atomic mass is 10.2. The number of ether oxygens (including phenoxy) is 1. The Morgan fingerprint density at radius 1 is 0.857 bits per heavy atom. The second-order valence-corrected chi connectivity index (χ2v) is 9.70. The number of hydrogen-bond acceptors (Lipinski definition) is 5. The standard InChI is InChI=1S/C27H33N3O4S/c1-4-29(5-2)23-18-16-22(17-19-23)20-28-27(31)21-30(25-14-10-11-15-26(25)34-6-3)35(32,33)24-12-8-7-9-13-24/h7-19H,4-6,20-21H2,1-3H3,(H,28,31). The van der Waals surface area contributed by atoms with Crippen LogP contribution in [-0.2, 0) is 21.4 Å². The van der Waals surface area contributed by atoms with Crippen LogP contribution in [-0.4, -0.2) is 40.6 Å². The number of hydrogen-bond donors (Lipinski definition) is 1. The summed E-state index contributed by atoms with van der Waals surface area (Å²) in [6.07, 6.45) is 0. The van der Waals surface area contributed by atoms with Crippen molar-refractivity contribution in [3.05, 3.63) is 84.4 Å². The second kappa shape index (κ2) is 12.3. The fourth-order valence-corrected chi connectivity index (χ4v) is 5.21. The third-order valence-corrected chi connectivity index (χ3v) is 7.38. The van der Waals surface area contributed by atoms with Gasteiger partial charge in [-0.25, -0.2) is 8.42 Å². The minimum Gasteiger partial charge on any atom is -0.492 e. The van der Waals surface area contributed by atoms with Crippen LogP contribution >= 0.6 is 0 Å². The number of para-hydroxylation sites is 2. The monoisotopic (exact) mass is 495 g/mol. The van der Waals surface area contributed by atoms with Crippen LogP contribution in [0.1, 0.15) is 26.3 Å². The molecule has 0 aliphatic rings. The zero-order chi connectivity index (χ0) is 25.3. The van der Waals surface area contributed by atoms with Gasteiger partial charge in [-0.2, -0.15) is 0 Å². The largest absolute Gasteiger partial charge is 0.492 e. The van der Waals surface area contributed by atoms with Crippen LogP contribution in [0.15, 0.2) is 83.8 Å². The SMILES string of the molecule is CCOc1ccccc1N(CC(=O)NCc1ccc(N(CC)CC)cc1)S(=O)(=O)c1ccccc1. The molecule has 3 aromatic rings. The highest BCUT2D eigenvalue weighted by Crippen LogP contribution is 2.32. The Balaban J connectivity index is 1.81. The summed E-state index contributed by atoms with van der Waals surface area (Å²) in [7, 11) is -4.01. The van der Waals surface area contributed by atoms with E-state index in [9.17, 15) is 13.2 Å². The van der Waals surface area contributed by atoms with E-state index in [2.05, 4.69) is 24.1 Å². The van der Waals surface area contributed by atoms with Gasteiger partial charge in [0, 0.05) is 25.3 Å². The van der Waals surface area contributed by atoms with Gasteiger partial charge in [-0.15, -0.1) is 0 Å². The zero-order valence-corrected chi connectivity index (χ0v) is 21.3. The number of nitrogens with one attached hydrogen (secondary N) is 1. The Labute approximate surface area is 208 Å². The topological polar surface area (TPSA) is 79.0 Å². The van der Waals surface area contributed by atoms with Gasteiger partial charge in [0.2, 0.25) is 5.91 Å². The fourth-order valence-electron chi connectivity index (χ4n) is 3.76. The first-order valence-corrected chi connectivity index (χ1v) is 13.2. The maximum atomic E-state index is 13.5. The number of carbonyl (C=O) groups excluding carboxylic acids is 1. The summed E-state index contributed by atoms with van der Waals surface area (Å²) < 4.78 is 33.9. The molecular weight excluding hydrogens is 462 g/mol. The molecule has 0 radical (unpaired) electrons. The third kappa shape index (κ3) is 6.54. The minimum absolute atomic E-state index is 0.103. The quantitative estimate of drug-likeness (QED) is 0.402. The lowest BCUT2D eigenvalue weighted by molar-refractivity contribution is -0.119. The van der Waals surface area contributed by atoms with Crippen LogP contribution in [0.5, 0.6) is 5.75 Å². The summed E-state index contributed by atoms with van der Waals surface area (Å²) in [6.45, 7) is 8.16. The van der Waals surface area contributed by atoms with E-state index in [0.717, 1.165) is 28.6 Å². The van der Waals surface area contributed by atoms with Gasteiger partial charge in [-0.1, -0.05) is 42.5 Å². The summed E-state index contributed by atoms with van der Waals surface area (Å²) in [5.74, 6) is -0.0158. The Hall–Kier alpha value is -3.52. The molecule has 1 N–H and O–H groups in total. The molecule has 0 saturated heterocycles. The highest BCUT2D eigenvalue weighted by atomic mass is 32.2. The number of carbonyl (C=O) groups is 1. The number of nitrogens with zero attached hydrogens (tertiary/aromatic N) is 2. The lowest BCUT2D eigenvalue weighted by Crippen LogP contribution is -2.40. The normalized spacial score (nSPS) is 11.1. The van der Waals surface area contributed by atoms with Gasteiger partial charge in [0.25, 0.3) is 10.0 Å². The molecule has 0 heterocycles. The molecule has 3 rings (SSSR count). The van der Waals surface area contributed by atoms with Crippen LogP contribution in [0.25, 0.3) is 0 Å². The lowest BCUT2D eigenvalue weighted by Gasteiger charge is -2.26. The van der Waals surface area contributed by atoms with Crippen molar-refractivity contribution < 1.29 is 17.9 Å². The van der Waals surface area contributed by atoms with E-state index in [4.69, 9.17) is 4.74 Å². The van der Waals surface area contributed by atoms with Crippen LogP contribution in [0.4, 0.5) is 11.4 Å². The van der Waals surface area contributed by atoms with Crippen molar-refractivity contribution in [2.24, 2.45) is 0 Å². The van der Waals surface area contributed by atoms with Gasteiger partial charge < -0.3 is 15.0 Å². The molecule has 0 aromatic heterocycles. The summed E-state index contributed by atoms with van der Waals surface area (Å²) in [4.78, 5) is 15.3.